The molecule has 0 aromatic heterocycles. The maximum absolute atomic E-state index is 5.07. The monoisotopic (exact) mass is 196 g/mol. The average molecular weight is 197 g/mol. The first-order valence-corrected chi connectivity index (χ1v) is 3.29. The predicted molar refractivity (Wildman–Crippen MR) is 29.4 cm³/mol. The van der Waals surface area contributed by atoms with Crippen molar-refractivity contribution in [2.24, 2.45) is 0 Å². The normalized spacial score (nSPS) is 12.0. The molecule has 0 N–H and O–H groups in total. The Bertz CT molecular complexity index is 37.3. The number of hydrogen-bond acceptors (Lipinski definition) is 1. The van der Waals surface area contributed by atoms with Gasteiger partial charge in [-0.3, -0.25) is 0 Å². The molecule has 0 saturated heterocycles. The van der Waals surface area contributed by atoms with Crippen molar-refractivity contribution in [2.45, 2.75) is 26.4 Å². The second-order valence-electron chi connectivity index (χ2n) is 2.23. The van der Waals surface area contributed by atoms with Crippen molar-refractivity contribution < 1.29 is 3.02 Å². The SMILES string of the molecule is CC(C)(C)[O][SbH2]. The first-order valence-electron chi connectivity index (χ1n) is 1.94. The molecule has 0 aromatic rings. The Morgan fingerprint density at radius 3 is 1.50 bits per heavy atom. The fourth-order valence-electron chi connectivity index (χ4n) is 0. The zero-order valence-corrected chi connectivity index (χ0v) is 7.78. The van der Waals surface area contributed by atoms with Crippen LogP contribution in [0, 0.1) is 0 Å². The molecule has 0 fully saturated rings. The van der Waals surface area contributed by atoms with E-state index in [9.17, 15) is 0 Å². The third kappa shape index (κ3) is 4.78. The van der Waals surface area contributed by atoms with Crippen LogP contribution in [0.15, 0.2) is 0 Å². The standard InChI is InChI=1S/C4H9O.Sb.2H/c1-4(2,3)5;;;/h1-3H3;;;/q-1;+1;;. The van der Waals surface area contributed by atoms with Gasteiger partial charge in [0, 0.05) is 0 Å². The van der Waals surface area contributed by atoms with Crippen molar-refractivity contribution in [2.75, 3.05) is 0 Å². The Morgan fingerprint density at radius 2 is 1.50 bits per heavy atom. The van der Waals surface area contributed by atoms with E-state index in [2.05, 4.69) is 20.8 Å². The molecule has 0 unspecified atom stereocenters. The van der Waals surface area contributed by atoms with E-state index in [4.69, 9.17) is 3.02 Å². The van der Waals surface area contributed by atoms with Crippen LogP contribution in [0.1, 0.15) is 20.8 Å². The van der Waals surface area contributed by atoms with Gasteiger partial charge in [0.1, 0.15) is 0 Å². The molecule has 0 aliphatic carbocycles. The molecule has 1 nitrogen and oxygen atoms in total. The van der Waals surface area contributed by atoms with Crippen LogP contribution in [-0.4, -0.2) is 29.0 Å². The van der Waals surface area contributed by atoms with Gasteiger partial charge in [0.25, 0.3) is 0 Å². The van der Waals surface area contributed by atoms with Gasteiger partial charge in [-0.1, -0.05) is 0 Å². The summed E-state index contributed by atoms with van der Waals surface area (Å²) in [6.45, 7) is 6.16. The van der Waals surface area contributed by atoms with Crippen LogP contribution in [0.25, 0.3) is 0 Å². The zero-order chi connectivity index (χ0) is 5.21. The Morgan fingerprint density at radius 1 is 1.33 bits per heavy atom. The molecule has 0 aliphatic heterocycles. The summed E-state index contributed by atoms with van der Waals surface area (Å²) in [5.74, 6) is 0. The van der Waals surface area contributed by atoms with Gasteiger partial charge in [0.2, 0.25) is 0 Å². The Labute approximate surface area is 53.1 Å². The average Bonchev–Trinajstić information content (AvgIpc) is 1.35. The van der Waals surface area contributed by atoms with Crippen LogP contribution in [0.4, 0.5) is 0 Å². The van der Waals surface area contributed by atoms with Gasteiger partial charge in [0.15, 0.2) is 0 Å². The molecule has 0 heterocycles. The van der Waals surface area contributed by atoms with Crippen molar-refractivity contribution in [1.29, 1.82) is 0 Å². The van der Waals surface area contributed by atoms with Crippen molar-refractivity contribution in [3.63, 3.8) is 0 Å². The Balaban J connectivity index is 3.17. The Hall–Kier alpha value is 0.778. The van der Waals surface area contributed by atoms with Gasteiger partial charge >= 0.3 is 52.8 Å². The molecule has 0 radical (unpaired) electrons. The van der Waals surface area contributed by atoms with E-state index < -0.39 is 0 Å². The van der Waals surface area contributed by atoms with Crippen LogP contribution >= 0.6 is 0 Å². The van der Waals surface area contributed by atoms with E-state index in [1.807, 2.05) is 0 Å². The van der Waals surface area contributed by atoms with E-state index >= 15 is 0 Å². The van der Waals surface area contributed by atoms with Crippen LogP contribution in [0.3, 0.4) is 0 Å². The van der Waals surface area contributed by atoms with E-state index in [-0.39, 0.29) is 5.60 Å². The van der Waals surface area contributed by atoms with Gasteiger partial charge in [-0.15, -0.1) is 0 Å². The molecule has 0 bridgehead atoms. The zero-order valence-electron chi connectivity index (χ0n) is 4.49. The third-order valence-electron chi connectivity index (χ3n) is 0.354. The fourth-order valence-corrected chi connectivity index (χ4v) is 0. The molecule has 0 aromatic carbocycles. The van der Waals surface area contributed by atoms with Crippen molar-refractivity contribution >= 4 is 23.4 Å². The van der Waals surface area contributed by atoms with Crippen LogP contribution in [0.5, 0.6) is 0 Å². The van der Waals surface area contributed by atoms with Crippen molar-refractivity contribution in [3.05, 3.63) is 0 Å². The summed E-state index contributed by atoms with van der Waals surface area (Å²) >= 11 is 0.903. The molecule has 0 saturated carbocycles. The van der Waals surface area contributed by atoms with Gasteiger partial charge in [-0.2, -0.15) is 0 Å². The fraction of sp³-hybridized carbons (Fsp3) is 1.00. The molecular weight excluding hydrogens is 186 g/mol. The van der Waals surface area contributed by atoms with Crippen LogP contribution in [-0.2, 0) is 3.02 Å². The summed E-state index contributed by atoms with van der Waals surface area (Å²) < 4.78 is 5.07. The molecule has 0 rings (SSSR count). The molecule has 38 valence electrons. The summed E-state index contributed by atoms with van der Waals surface area (Å²) in [7, 11) is 0. The molecule has 2 heteroatoms. The van der Waals surface area contributed by atoms with E-state index in [1.54, 1.807) is 0 Å². The number of hydrogen-bond donors (Lipinski definition) is 0. The van der Waals surface area contributed by atoms with Crippen molar-refractivity contribution in [3.8, 4) is 0 Å². The quantitative estimate of drug-likeness (QED) is 0.509. The summed E-state index contributed by atoms with van der Waals surface area (Å²) in [5.41, 5.74) is 0.0994. The minimum absolute atomic E-state index is 0.0994. The summed E-state index contributed by atoms with van der Waals surface area (Å²) in [4.78, 5) is 0. The maximum atomic E-state index is 5.07. The second-order valence-corrected chi connectivity index (χ2v) is 2.90. The minimum atomic E-state index is 0.0994. The molecule has 0 atom stereocenters. The summed E-state index contributed by atoms with van der Waals surface area (Å²) in [6, 6.07) is 0. The molecule has 0 aliphatic rings. The molecule has 0 spiro atoms. The first kappa shape index (κ1) is 6.78. The van der Waals surface area contributed by atoms with Gasteiger partial charge in [-0.05, 0) is 0 Å². The van der Waals surface area contributed by atoms with Crippen LogP contribution in [0.2, 0.25) is 0 Å². The third-order valence-corrected chi connectivity index (χ3v) is 2.37. The Kier molecular flexibility index (Phi) is 2.46. The summed E-state index contributed by atoms with van der Waals surface area (Å²) in [5, 5.41) is 0. The molecular formula is C4H11OSb. The summed E-state index contributed by atoms with van der Waals surface area (Å²) in [6.07, 6.45) is 0. The second kappa shape index (κ2) is 2.18. The predicted octanol–water partition coefficient (Wildman–Crippen LogP) is 0.350. The van der Waals surface area contributed by atoms with E-state index in [0.717, 1.165) is 23.4 Å². The van der Waals surface area contributed by atoms with Crippen molar-refractivity contribution in [1.82, 2.24) is 0 Å². The van der Waals surface area contributed by atoms with E-state index in [0.29, 0.717) is 0 Å². The van der Waals surface area contributed by atoms with Gasteiger partial charge in [0.05, 0.1) is 0 Å². The topological polar surface area (TPSA) is 9.23 Å². The van der Waals surface area contributed by atoms with Gasteiger partial charge in [-0.25, -0.2) is 0 Å². The van der Waals surface area contributed by atoms with E-state index in [1.165, 1.54) is 0 Å². The van der Waals surface area contributed by atoms with Crippen LogP contribution < -0.4 is 0 Å². The number of rotatable bonds is 0. The molecule has 0 amide bonds. The van der Waals surface area contributed by atoms with Gasteiger partial charge < -0.3 is 0 Å². The first-order chi connectivity index (χ1) is 2.56. The molecule has 6 heavy (non-hydrogen) atoms.